The summed E-state index contributed by atoms with van der Waals surface area (Å²) in [6.07, 6.45) is 9.73. The number of ether oxygens (including phenoxy) is 1. The van der Waals surface area contributed by atoms with Crippen LogP contribution in [0.15, 0.2) is 24.3 Å². The van der Waals surface area contributed by atoms with E-state index in [0.29, 0.717) is 23.9 Å². The highest BCUT2D eigenvalue weighted by atomic mass is 16.5. The van der Waals surface area contributed by atoms with E-state index < -0.39 is 0 Å². The maximum absolute atomic E-state index is 13.5. The van der Waals surface area contributed by atoms with E-state index in [4.69, 9.17) is 10.5 Å². The quantitative estimate of drug-likeness (QED) is 0.849. The third-order valence-corrected chi connectivity index (χ3v) is 7.19. The van der Waals surface area contributed by atoms with Crippen molar-refractivity contribution in [1.82, 2.24) is 5.32 Å². The molecule has 4 rings (SSSR count). The SMILES string of the molecule is COc1cccc(CC2(C(=O)NC3CCC(N)CC3)CC3CCC2C3)c1. The molecule has 2 bridgehead atoms. The zero-order valence-electron chi connectivity index (χ0n) is 15.9. The van der Waals surface area contributed by atoms with Crippen molar-refractivity contribution in [3.8, 4) is 5.75 Å². The summed E-state index contributed by atoms with van der Waals surface area (Å²) in [6.45, 7) is 0. The number of methoxy groups -OCH3 is 1. The summed E-state index contributed by atoms with van der Waals surface area (Å²) in [7, 11) is 1.70. The predicted molar refractivity (Wildman–Crippen MR) is 103 cm³/mol. The molecule has 0 aromatic heterocycles. The van der Waals surface area contributed by atoms with Crippen molar-refractivity contribution in [2.75, 3.05) is 7.11 Å². The highest BCUT2D eigenvalue weighted by Gasteiger charge is 2.55. The minimum Gasteiger partial charge on any atom is -0.497 e. The number of fused-ring (bicyclic) bond motifs is 2. The van der Waals surface area contributed by atoms with Crippen LogP contribution in [0.25, 0.3) is 0 Å². The maximum atomic E-state index is 13.5. The van der Waals surface area contributed by atoms with E-state index in [2.05, 4.69) is 17.4 Å². The molecule has 1 amide bonds. The second-order valence-corrected chi connectivity index (χ2v) is 8.85. The molecule has 3 aliphatic rings. The van der Waals surface area contributed by atoms with E-state index >= 15 is 0 Å². The number of benzene rings is 1. The number of carbonyl (C=O) groups excluding carboxylic acids is 1. The fraction of sp³-hybridized carbons (Fsp3) is 0.682. The molecule has 26 heavy (non-hydrogen) atoms. The summed E-state index contributed by atoms with van der Waals surface area (Å²) >= 11 is 0. The molecule has 0 radical (unpaired) electrons. The van der Waals surface area contributed by atoms with Gasteiger partial charge in [-0.1, -0.05) is 18.6 Å². The molecule has 0 spiro atoms. The normalized spacial score (nSPS) is 36.1. The van der Waals surface area contributed by atoms with Crippen LogP contribution in [0.2, 0.25) is 0 Å². The van der Waals surface area contributed by atoms with Crippen LogP contribution >= 0.6 is 0 Å². The van der Waals surface area contributed by atoms with Crippen LogP contribution in [0.4, 0.5) is 0 Å². The Hall–Kier alpha value is -1.55. The van der Waals surface area contributed by atoms with E-state index in [9.17, 15) is 4.79 Å². The number of rotatable bonds is 5. The van der Waals surface area contributed by atoms with Crippen LogP contribution in [-0.4, -0.2) is 25.1 Å². The first-order valence-corrected chi connectivity index (χ1v) is 10.3. The van der Waals surface area contributed by atoms with E-state index in [-0.39, 0.29) is 5.41 Å². The van der Waals surface area contributed by atoms with Gasteiger partial charge < -0.3 is 15.8 Å². The van der Waals surface area contributed by atoms with Crippen molar-refractivity contribution < 1.29 is 9.53 Å². The number of amides is 1. The minimum atomic E-state index is -0.227. The molecule has 3 N–H and O–H groups in total. The van der Waals surface area contributed by atoms with Crippen molar-refractivity contribution in [3.63, 3.8) is 0 Å². The molecular formula is C22H32N2O2. The van der Waals surface area contributed by atoms with Gasteiger partial charge in [-0.05, 0) is 80.9 Å². The molecule has 3 atom stereocenters. The summed E-state index contributed by atoms with van der Waals surface area (Å²) < 4.78 is 5.39. The second-order valence-electron chi connectivity index (χ2n) is 8.85. The van der Waals surface area contributed by atoms with E-state index in [1.165, 1.54) is 24.8 Å². The van der Waals surface area contributed by atoms with Crippen molar-refractivity contribution >= 4 is 5.91 Å². The van der Waals surface area contributed by atoms with Crippen molar-refractivity contribution in [1.29, 1.82) is 0 Å². The topological polar surface area (TPSA) is 64.3 Å². The molecule has 4 heteroatoms. The minimum absolute atomic E-state index is 0.227. The summed E-state index contributed by atoms with van der Waals surface area (Å²) in [5, 5.41) is 3.43. The molecule has 1 aromatic rings. The Kier molecular flexibility index (Phi) is 4.96. The van der Waals surface area contributed by atoms with Gasteiger partial charge in [0, 0.05) is 12.1 Å². The lowest BCUT2D eigenvalue weighted by Crippen LogP contribution is -2.50. The smallest absolute Gasteiger partial charge is 0.227 e. The lowest BCUT2D eigenvalue weighted by Gasteiger charge is -2.39. The Balaban J connectivity index is 1.53. The lowest BCUT2D eigenvalue weighted by molar-refractivity contribution is -0.135. The molecule has 0 heterocycles. The highest BCUT2D eigenvalue weighted by molar-refractivity contribution is 5.84. The zero-order chi connectivity index (χ0) is 18.1. The monoisotopic (exact) mass is 356 g/mol. The van der Waals surface area contributed by atoms with Gasteiger partial charge in [-0.15, -0.1) is 0 Å². The van der Waals surface area contributed by atoms with Crippen molar-refractivity contribution in [2.24, 2.45) is 23.0 Å². The molecule has 0 aliphatic heterocycles. The zero-order valence-corrected chi connectivity index (χ0v) is 15.9. The Morgan fingerprint density at radius 2 is 2.04 bits per heavy atom. The molecule has 3 fully saturated rings. The van der Waals surface area contributed by atoms with E-state index in [1.54, 1.807) is 7.11 Å². The van der Waals surface area contributed by atoms with Gasteiger partial charge in [0.1, 0.15) is 5.75 Å². The second kappa shape index (κ2) is 7.22. The number of nitrogens with one attached hydrogen (secondary N) is 1. The van der Waals surface area contributed by atoms with E-state index in [1.807, 2.05) is 12.1 Å². The highest BCUT2D eigenvalue weighted by Crippen LogP contribution is 2.57. The summed E-state index contributed by atoms with van der Waals surface area (Å²) in [5.74, 6) is 2.44. The molecule has 4 nitrogen and oxygen atoms in total. The average Bonchev–Trinajstić information content (AvgIpc) is 3.25. The summed E-state index contributed by atoms with van der Waals surface area (Å²) in [4.78, 5) is 13.5. The molecule has 1 aromatic carbocycles. The predicted octanol–water partition coefficient (Wildman–Crippen LogP) is 3.43. The van der Waals surface area contributed by atoms with Crippen molar-refractivity contribution in [2.45, 2.75) is 69.9 Å². The molecule has 3 unspecified atom stereocenters. The van der Waals surface area contributed by atoms with Gasteiger partial charge in [0.05, 0.1) is 12.5 Å². The van der Waals surface area contributed by atoms with Gasteiger partial charge in [0.15, 0.2) is 0 Å². The molecule has 3 aliphatic carbocycles. The van der Waals surface area contributed by atoms with Crippen molar-refractivity contribution in [3.05, 3.63) is 29.8 Å². The number of hydrogen-bond acceptors (Lipinski definition) is 3. The van der Waals surface area contributed by atoms with Gasteiger partial charge in [-0.25, -0.2) is 0 Å². The first kappa shape index (κ1) is 17.8. The van der Waals surface area contributed by atoms with Crippen LogP contribution < -0.4 is 15.8 Å². The first-order valence-electron chi connectivity index (χ1n) is 10.3. The van der Waals surface area contributed by atoms with Crippen LogP contribution in [-0.2, 0) is 11.2 Å². The summed E-state index contributed by atoms with van der Waals surface area (Å²) in [5.41, 5.74) is 7.02. The Bertz CT molecular complexity index is 653. The third kappa shape index (κ3) is 3.36. The Morgan fingerprint density at radius 3 is 2.69 bits per heavy atom. The van der Waals surface area contributed by atoms with Crippen LogP contribution in [0.5, 0.6) is 5.75 Å². The van der Waals surface area contributed by atoms with Crippen LogP contribution in [0.3, 0.4) is 0 Å². The van der Waals surface area contributed by atoms with Crippen LogP contribution in [0.1, 0.15) is 56.9 Å². The first-order chi connectivity index (χ1) is 12.6. The fourth-order valence-electron chi connectivity index (χ4n) is 5.76. The molecular weight excluding hydrogens is 324 g/mol. The standard InChI is InChI=1S/C22H32N2O2/c1-26-20-4-2-3-15(12-20)13-22(14-16-5-6-17(22)11-16)21(25)24-19-9-7-18(23)8-10-19/h2-4,12,16-19H,5-11,13-14,23H2,1H3,(H,24,25). The molecule has 142 valence electrons. The van der Waals surface area contributed by atoms with Crippen LogP contribution in [0, 0.1) is 17.3 Å². The van der Waals surface area contributed by atoms with Gasteiger partial charge in [-0.3, -0.25) is 4.79 Å². The molecule has 3 saturated carbocycles. The number of carbonyl (C=O) groups is 1. The van der Waals surface area contributed by atoms with E-state index in [0.717, 1.165) is 50.2 Å². The third-order valence-electron chi connectivity index (χ3n) is 7.19. The largest absolute Gasteiger partial charge is 0.497 e. The number of hydrogen-bond donors (Lipinski definition) is 2. The Labute approximate surface area is 156 Å². The van der Waals surface area contributed by atoms with Gasteiger partial charge in [-0.2, -0.15) is 0 Å². The molecule has 0 saturated heterocycles. The maximum Gasteiger partial charge on any atom is 0.227 e. The number of nitrogens with two attached hydrogens (primary N) is 1. The average molecular weight is 357 g/mol. The van der Waals surface area contributed by atoms with Gasteiger partial charge in [0.25, 0.3) is 0 Å². The van der Waals surface area contributed by atoms with Gasteiger partial charge in [0.2, 0.25) is 5.91 Å². The van der Waals surface area contributed by atoms with Gasteiger partial charge >= 0.3 is 0 Å². The fourth-order valence-corrected chi connectivity index (χ4v) is 5.76. The lowest BCUT2D eigenvalue weighted by atomic mass is 9.68. The summed E-state index contributed by atoms with van der Waals surface area (Å²) in [6, 6.07) is 8.88. The Morgan fingerprint density at radius 1 is 1.23 bits per heavy atom.